The molecule has 2 aromatic heterocycles. The fourth-order valence-corrected chi connectivity index (χ4v) is 11.0. The number of thiophene rings is 1. The highest BCUT2D eigenvalue weighted by Gasteiger charge is 2.38. The van der Waals surface area contributed by atoms with Gasteiger partial charge in [0.25, 0.3) is 0 Å². The molecule has 2 nitrogen and oxygen atoms in total. The number of hydrogen-bond acceptors (Lipinski definition) is 3. The summed E-state index contributed by atoms with van der Waals surface area (Å²) in [7, 11) is 0. The molecule has 0 amide bonds. The van der Waals surface area contributed by atoms with Gasteiger partial charge in [0.1, 0.15) is 0 Å². The lowest BCUT2D eigenvalue weighted by atomic mass is 9.92. The summed E-state index contributed by atoms with van der Waals surface area (Å²) in [4.78, 5) is 4.01. The lowest BCUT2D eigenvalue weighted by Gasteiger charge is -2.38. The van der Waals surface area contributed by atoms with Gasteiger partial charge in [-0.3, -0.25) is 0 Å². The normalized spacial score (nSPS) is 16.8. The van der Waals surface area contributed by atoms with Crippen molar-refractivity contribution in [3.05, 3.63) is 175 Å². The molecule has 4 heteroatoms. The first-order valence-corrected chi connectivity index (χ1v) is 18.9. The SMILES string of the molecule is C1=CC(N(c2ccc3ccc4sc5ccccc5c4c3c2)c2cccc3c2c2ccccc2n3-c2ccccc2)C2Sc3ccccc3C2=C1. The molecule has 0 saturated carbocycles. The van der Waals surface area contributed by atoms with Gasteiger partial charge in [-0.05, 0) is 82.6 Å². The Morgan fingerprint density at radius 1 is 0.580 bits per heavy atom. The Morgan fingerprint density at radius 3 is 2.30 bits per heavy atom. The number of thioether (sulfide) groups is 1. The van der Waals surface area contributed by atoms with Gasteiger partial charge in [-0.25, -0.2) is 0 Å². The second-order valence-corrected chi connectivity index (χ2v) is 15.5. The van der Waals surface area contributed by atoms with Gasteiger partial charge < -0.3 is 9.47 Å². The summed E-state index contributed by atoms with van der Waals surface area (Å²) in [5, 5.41) is 8.05. The topological polar surface area (TPSA) is 8.17 Å². The monoisotopic (exact) mass is 674 g/mol. The van der Waals surface area contributed by atoms with E-state index in [2.05, 4.69) is 179 Å². The van der Waals surface area contributed by atoms with Gasteiger partial charge in [-0.15, -0.1) is 23.1 Å². The predicted octanol–water partition coefficient (Wildman–Crippen LogP) is 12.9. The highest BCUT2D eigenvalue weighted by molar-refractivity contribution is 8.01. The standard InChI is InChI=1S/C46H30N2S2/c1-2-12-30(13-3-1)47-37-18-7-4-15-34(37)45-38(47)19-11-20-39(45)48(40-21-10-17-33-32-14-5-8-22-41(32)50-46(33)40)31-26-24-29-25-27-43-44(36(29)28-31)35-16-6-9-23-42(35)49-43/h1-28,40,46H. The first kappa shape index (κ1) is 28.3. The van der Waals surface area contributed by atoms with Crippen molar-refractivity contribution in [1.82, 2.24) is 4.57 Å². The van der Waals surface area contributed by atoms with Gasteiger partial charge >= 0.3 is 0 Å². The number of anilines is 2. The molecule has 2 aliphatic rings. The Bertz CT molecular complexity index is 2870. The summed E-state index contributed by atoms with van der Waals surface area (Å²) < 4.78 is 5.09. The third kappa shape index (κ3) is 4.10. The number of aromatic nitrogens is 1. The smallest absolute Gasteiger partial charge is 0.0689 e. The minimum absolute atomic E-state index is 0.0905. The molecule has 0 bridgehead atoms. The molecule has 1 aliphatic carbocycles. The molecule has 0 fully saturated rings. The van der Waals surface area contributed by atoms with Gasteiger partial charge in [-0.2, -0.15) is 0 Å². The first-order valence-electron chi connectivity index (χ1n) is 17.2. The summed E-state index contributed by atoms with van der Waals surface area (Å²) in [6.07, 6.45) is 7.04. The van der Waals surface area contributed by atoms with Crippen LogP contribution in [0.2, 0.25) is 0 Å². The Morgan fingerprint density at radius 2 is 1.36 bits per heavy atom. The molecule has 1 aliphatic heterocycles. The molecule has 3 heterocycles. The van der Waals surface area contributed by atoms with E-state index in [1.807, 2.05) is 23.1 Å². The zero-order valence-electron chi connectivity index (χ0n) is 27.0. The quantitative estimate of drug-likeness (QED) is 0.184. The van der Waals surface area contributed by atoms with E-state index >= 15 is 0 Å². The Balaban J connectivity index is 1.21. The van der Waals surface area contributed by atoms with Gasteiger partial charge in [-0.1, -0.05) is 109 Å². The molecule has 2 atom stereocenters. The Labute approximate surface area is 298 Å². The number of hydrogen-bond donors (Lipinski definition) is 0. The maximum Gasteiger partial charge on any atom is 0.0689 e. The molecular formula is C46H30N2S2. The lowest BCUT2D eigenvalue weighted by molar-refractivity contribution is 0.816. The third-order valence-electron chi connectivity index (χ3n) is 10.5. The number of allylic oxidation sites excluding steroid dienone is 2. The molecule has 0 spiro atoms. The van der Waals surface area contributed by atoms with E-state index in [1.165, 1.54) is 85.8 Å². The van der Waals surface area contributed by atoms with Crippen molar-refractivity contribution in [3.63, 3.8) is 0 Å². The van der Waals surface area contributed by atoms with Gasteiger partial charge in [0.05, 0.1) is 28.0 Å². The van der Waals surface area contributed by atoms with Crippen molar-refractivity contribution in [2.45, 2.75) is 16.2 Å². The maximum absolute atomic E-state index is 2.64. The van der Waals surface area contributed by atoms with Crippen LogP contribution in [-0.2, 0) is 0 Å². The molecule has 7 aromatic carbocycles. The highest BCUT2D eigenvalue weighted by Crippen LogP contribution is 2.52. The van der Waals surface area contributed by atoms with Crippen molar-refractivity contribution in [2.75, 3.05) is 4.90 Å². The van der Waals surface area contributed by atoms with Crippen LogP contribution in [0.4, 0.5) is 11.4 Å². The van der Waals surface area contributed by atoms with Crippen LogP contribution < -0.4 is 4.90 Å². The largest absolute Gasteiger partial charge is 0.332 e. The molecule has 0 radical (unpaired) electrons. The molecule has 0 N–H and O–H groups in total. The summed E-state index contributed by atoms with van der Waals surface area (Å²) in [5.74, 6) is 0. The summed E-state index contributed by atoms with van der Waals surface area (Å²) in [5.41, 5.74) is 8.80. The zero-order chi connectivity index (χ0) is 32.8. The molecule has 9 aromatic rings. The zero-order valence-corrected chi connectivity index (χ0v) is 28.7. The van der Waals surface area contributed by atoms with E-state index in [9.17, 15) is 0 Å². The molecule has 0 saturated heterocycles. The minimum atomic E-state index is 0.0905. The second kappa shape index (κ2) is 11.0. The van der Waals surface area contributed by atoms with Crippen LogP contribution in [0, 0.1) is 0 Å². The Kier molecular flexibility index (Phi) is 6.21. The van der Waals surface area contributed by atoms with Gasteiger partial charge in [0.15, 0.2) is 0 Å². The third-order valence-corrected chi connectivity index (χ3v) is 13.1. The van der Waals surface area contributed by atoms with Crippen LogP contribution >= 0.6 is 23.1 Å². The Hall–Kier alpha value is -5.55. The average molecular weight is 675 g/mol. The first-order chi connectivity index (χ1) is 24.8. The number of rotatable bonds is 4. The van der Waals surface area contributed by atoms with Crippen molar-refractivity contribution >= 4 is 92.8 Å². The predicted molar refractivity (Wildman–Crippen MR) is 217 cm³/mol. The van der Waals surface area contributed by atoms with Crippen LogP contribution in [0.5, 0.6) is 0 Å². The highest BCUT2D eigenvalue weighted by atomic mass is 32.2. The molecule has 236 valence electrons. The molecule has 11 rings (SSSR count). The van der Waals surface area contributed by atoms with E-state index in [0.29, 0.717) is 0 Å². The summed E-state index contributed by atoms with van der Waals surface area (Å²) in [6.45, 7) is 0. The molecule has 2 unspecified atom stereocenters. The van der Waals surface area contributed by atoms with Crippen molar-refractivity contribution in [3.8, 4) is 5.69 Å². The lowest BCUT2D eigenvalue weighted by Crippen LogP contribution is -2.38. The summed E-state index contributed by atoms with van der Waals surface area (Å²) >= 11 is 3.89. The van der Waals surface area contributed by atoms with Crippen molar-refractivity contribution in [2.24, 2.45) is 0 Å². The van der Waals surface area contributed by atoms with E-state index in [-0.39, 0.29) is 11.3 Å². The number of para-hydroxylation sites is 2. The van der Waals surface area contributed by atoms with Crippen LogP contribution in [0.15, 0.2) is 175 Å². The average Bonchev–Trinajstić information content (AvgIpc) is 3.86. The van der Waals surface area contributed by atoms with Crippen LogP contribution in [0.1, 0.15) is 5.56 Å². The number of benzene rings is 7. The second-order valence-electron chi connectivity index (χ2n) is 13.2. The molecular weight excluding hydrogens is 645 g/mol. The van der Waals surface area contributed by atoms with E-state index in [4.69, 9.17) is 0 Å². The summed E-state index contributed by atoms with van der Waals surface area (Å²) in [6, 6.07) is 56.1. The van der Waals surface area contributed by atoms with Crippen molar-refractivity contribution in [1.29, 1.82) is 0 Å². The van der Waals surface area contributed by atoms with Gasteiger partial charge in [0, 0.05) is 47.2 Å². The van der Waals surface area contributed by atoms with Crippen molar-refractivity contribution < 1.29 is 0 Å². The number of nitrogens with zero attached hydrogens (tertiary/aromatic N) is 2. The molecule has 50 heavy (non-hydrogen) atoms. The fraction of sp³-hybridized carbons (Fsp3) is 0.0435. The van der Waals surface area contributed by atoms with Crippen LogP contribution in [0.25, 0.3) is 64.0 Å². The van der Waals surface area contributed by atoms with E-state index in [1.54, 1.807) is 0 Å². The van der Waals surface area contributed by atoms with Crippen LogP contribution in [0.3, 0.4) is 0 Å². The van der Waals surface area contributed by atoms with Crippen LogP contribution in [-0.4, -0.2) is 15.9 Å². The van der Waals surface area contributed by atoms with Gasteiger partial charge in [0.2, 0.25) is 0 Å². The maximum atomic E-state index is 2.64. The van der Waals surface area contributed by atoms with E-state index in [0.717, 1.165) is 0 Å². The number of fused-ring (bicyclic) bond motifs is 11. The minimum Gasteiger partial charge on any atom is -0.332 e. The fourth-order valence-electron chi connectivity index (χ4n) is 8.40. The van der Waals surface area contributed by atoms with E-state index < -0.39 is 0 Å².